The zero-order valence-corrected chi connectivity index (χ0v) is 12.5. The average molecular weight is 324 g/mol. The molecule has 0 saturated carbocycles. The van der Waals surface area contributed by atoms with Crippen molar-refractivity contribution in [1.29, 1.82) is 0 Å². The van der Waals surface area contributed by atoms with Crippen molar-refractivity contribution in [3.05, 3.63) is 46.1 Å². The number of nitrogens with zero attached hydrogens (tertiary/aromatic N) is 2. The fraction of sp³-hybridized carbons (Fsp3) is 0.286. The van der Waals surface area contributed by atoms with Crippen LogP contribution in [0.2, 0.25) is 0 Å². The molecule has 0 saturated heterocycles. The normalized spacial score (nSPS) is 10.5. The molecule has 0 radical (unpaired) electrons. The highest BCUT2D eigenvalue weighted by Crippen LogP contribution is 2.21. The van der Waals surface area contributed by atoms with Crippen LogP contribution in [0.3, 0.4) is 0 Å². The summed E-state index contributed by atoms with van der Waals surface area (Å²) in [7, 11) is 0. The van der Waals surface area contributed by atoms with Crippen molar-refractivity contribution < 1.29 is 4.39 Å². The van der Waals surface area contributed by atoms with Gasteiger partial charge in [0.25, 0.3) is 0 Å². The van der Waals surface area contributed by atoms with E-state index in [1.54, 1.807) is 12.1 Å². The zero-order chi connectivity index (χ0) is 13.8. The van der Waals surface area contributed by atoms with Crippen LogP contribution in [-0.4, -0.2) is 9.97 Å². The van der Waals surface area contributed by atoms with Gasteiger partial charge in [-0.3, -0.25) is 0 Å². The maximum atomic E-state index is 13.8. The summed E-state index contributed by atoms with van der Waals surface area (Å²) in [5, 5.41) is 2.98. The molecule has 0 amide bonds. The molecule has 0 atom stereocenters. The number of aryl methyl sites for hydroxylation is 2. The monoisotopic (exact) mass is 323 g/mol. The molecule has 0 bridgehead atoms. The van der Waals surface area contributed by atoms with Crippen LogP contribution in [0.25, 0.3) is 0 Å². The van der Waals surface area contributed by atoms with Crippen molar-refractivity contribution in [2.24, 2.45) is 0 Å². The Labute approximate surface area is 120 Å². The van der Waals surface area contributed by atoms with Crippen molar-refractivity contribution in [1.82, 2.24) is 9.97 Å². The van der Waals surface area contributed by atoms with Crippen LogP contribution in [0.5, 0.6) is 0 Å². The molecule has 0 unspecified atom stereocenters. The van der Waals surface area contributed by atoms with Gasteiger partial charge in [-0.1, -0.05) is 13.0 Å². The Morgan fingerprint density at radius 3 is 2.74 bits per heavy atom. The molecule has 2 aromatic rings. The van der Waals surface area contributed by atoms with Crippen molar-refractivity contribution >= 4 is 27.4 Å². The summed E-state index contributed by atoms with van der Waals surface area (Å²) in [5.74, 6) is 1.05. The van der Waals surface area contributed by atoms with E-state index in [9.17, 15) is 4.39 Å². The topological polar surface area (TPSA) is 37.8 Å². The van der Waals surface area contributed by atoms with Crippen LogP contribution in [-0.2, 0) is 6.42 Å². The Morgan fingerprint density at radius 2 is 2.05 bits per heavy atom. The number of hydrogen-bond donors (Lipinski definition) is 1. The second-order valence-electron chi connectivity index (χ2n) is 4.35. The van der Waals surface area contributed by atoms with Gasteiger partial charge in [0.1, 0.15) is 22.1 Å². The van der Waals surface area contributed by atoms with Crippen LogP contribution >= 0.6 is 15.9 Å². The molecule has 100 valence electrons. The van der Waals surface area contributed by atoms with Crippen LogP contribution in [0.15, 0.2) is 28.9 Å². The second kappa shape index (κ2) is 6.10. The molecule has 0 fully saturated rings. The first kappa shape index (κ1) is 13.9. The summed E-state index contributed by atoms with van der Waals surface area (Å²) < 4.78 is 14.5. The Morgan fingerprint density at radius 1 is 1.26 bits per heavy atom. The molecular formula is C14H15BrFN3. The van der Waals surface area contributed by atoms with E-state index in [0.29, 0.717) is 16.1 Å². The molecule has 0 aliphatic heterocycles. The van der Waals surface area contributed by atoms with Crippen molar-refractivity contribution in [2.45, 2.75) is 26.7 Å². The number of nitrogens with one attached hydrogen (secondary N) is 1. The van der Waals surface area contributed by atoms with Gasteiger partial charge in [-0.05, 0) is 47.0 Å². The Hall–Kier alpha value is -1.49. The minimum atomic E-state index is -0.285. The van der Waals surface area contributed by atoms with Gasteiger partial charge in [-0.15, -0.1) is 0 Å². The maximum Gasteiger partial charge on any atom is 0.146 e. The second-order valence-corrected chi connectivity index (χ2v) is 5.16. The minimum Gasteiger partial charge on any atom is -0.338 e. The zero-order valence-electron chi connectivity index (χ0n) is 10.9. The largest absolute Gasteiger partial charge is 0.338 e. The van der Waals surface area contributed by atoms with E-state index in [2.05, 4.69) is 38.1 Å². The van der Waals surface area contributed by atoms with Gasteiger partial charge in [0.15, 0.2) is 0 Å². The molecule has 2 rings (SSSR count). The first-order valence-corrected chi connectivity index (χ1v) is 6.94. The van der Waals surface area contributed by atoms with Gasteiger partial charge in [-0.2, -0.15) is 0 Å². The molecule has 0 aliphatic rings. The van der Waals surface area contributed by atoms with E-state index < -0.39 is 0 Å². The number of benzene rings is 1. The molecule has 1 aromatic carbocycles. The lowest BCUT2D eigenvalue weighted by Crippen LogP contribution is -2.02. The third-order valence-corrected chi connectivity index (χ3v) is 3.01. The van der Waals surface area contributed by atoms with Gasteiger partial charge < -0.3 is 5.32 Å². The summed E-state index contributed by atoms with van der Waals surface area (Å²) in [5.41, 5.74) is 1.30. The van der Waals surface area contributed by atoms with Crippen molar-refractivity contribution in [3.63, 3.8) is 0 Å². The number of halogens is 2. The first-order chi connectivity index (χ1) is 9.08. The SMILES string of the molecule is CCCc1nc(Br)cc(Nc2ccc(C)cc2F)n1. The fourth-order valence-electron chi connectivity index (χ4n) is 1.72. The van der Waals surface area contributed by atoms with Gasteiger partial charge in [0.05, 0.1) is 5.69 Å². The fourth-order valence-corrected chi connectivity index (χ4v) is 2.15. The van der Waals surface area contributed by atoms with E-state index in [4.69, 9.17) is 0 Å². The summed E-state index contributed by atoms with van der Waals surface area (Å²) in [4.78, 5) is 8.64. The number of anilines is 2. The first-order valence-electron chi connectivity index (χ1n) is 6.15. The smallest absolute Gasteiger partial charge is 0.146 e. The predicted molar refractivity (Wildman–Crippen MR) is 78.1 cm³/mol. The maximum absolute atomic E-state index is 13.8. The van der Waals surface area contributed by atoms with Crippen molar-refractivity contribution in [2.75, 3.05) is 5.32 Å². The number of aromatic nitrogens is 2. The lowest BCUT2D eigenvalue weighted by molar-refractivity contribution is 0.630. The van der Waals surface area contributed by atoms with Crippen molar-refractivity contribution in [3.8, 4) is 0 Å². The van der Waals surface area contributed by atoms with E-state index >= 15 is 0 Å². The summed E-state index contributed by atoms with van der Waals surface area (Å²) >= 11 is 3.34. The lowest BCUT2D eigenvalue weighted by atomic mass is 10.2. The molecule has 3 nitrogen and oxygen atoms in total. The van der Waals surface area contributed by atoms with E-state index in [0.717, 1.165) is 24.2 Å². The third-order valence-electron chi connectivity index (χ3n) is 2.60. The molecule has 1 aromatic heterocycles. The molecule has 0 aliphatic carbocycles. The summed E-state index contributed by atoms with van der Waals surface area (Å²) in [6.07, 6.45) is 1.76. The van der Waals surface area contributed by atoms with E-state index in [1.165, 1.54) is 6.07 Å². The predicted octanol–water partition coefficient (Wildman–Crippen LogP) is 4.38. The average Bonchev–Trinajstić information content (AvgIpc) is 2.32. The van der Waals surface area contributed by atoms with E-state index in [1.807, 2.05) is 13.0 Å². The Balaban J connectivity index is 2.27. The Kier molecular flexibility index (Phi) is 4.47. The highest BCUT2D eigenvalue weighted by Gasteiger charge is 2.06. The number of hydrogen-bond acceptors (Lipinski definition) is 3. The molecule has 19 heavy (non-hydrogen) atoms. The van der Waals surface area contributed by atoms with Crippen LogP contribution in [0.1, 0.15) is 24.7 Å². The van der Waals surface area contributed by atoms with Crippen LogP contribution in [0.4, 0.5) is 15.9 Å². The molecular weight excluding hydrogens is 309 g/mol. The molecule has 1 N–H and O–H groups in total. The summed E-state index contributed by atoms with van der Waals surface area (Å²) in [6.45, 7) is 3.92. The third kappa shape index (κ3) is 3.73. The van der Waals surface area contributed by atoms with Gasteiger partial charge in [0, 0.05) is 12.5 Å². The molecule has 1 heterocycles. The van der Waals surface area contributed by atoms with Crippen LogP contribution < -0.4 is 5.32 Å². The summed E-state index contributed by atoms with van der Waals surface area (Å²) in [6, 6.07) is 6.79. The number of rotatable bonds is 4. The minimum absolute atomic E-state index is 0.285. The van der Waals surface area contributed by atoms with Gasteiger partial charge in [0.2, 0.25) is 0 Å². The standard InChI is InChI=1S/C14H15BrFN3/c1-3-4-13-18-12(15)8-14(19-13)17-11-6-5-9(2)7-10(11)16/h5-8H,3-4H2,1-2H3,(H,17,18,19). The Bertz CT molecular complexity index is 587. The lowest BCUT2D eigenvalue weighted by Gasteiger charge is -2.09. The van der Waals surface area contributed by atoms with Gasteiger partial charge in [-0.25, -0.2) is 14.4 Å². The van der Waals surface area contributed by atoms with E-state index in [-0.39, 0.29) is 5.82 Å². The highest BCUT2D eigenvalue weighted by molar-refractivity contribution is 9.10. The highest BCUT2D eigenvalue weighted by atomic mass is 79.9. The molecule has 0 spiro atoms. The van der Waals surface area contributed by atoms with Gasteiger partial charge >= 0.3 is 0 Å². The quantitative estimate of drug-likeness (QED) is 0.848. The van der Waals surface area contributed by atoms with Crippen LogP contribution in [0, 0.1) is 12.7 Å². The molecule has 5 heteroatoms.